The Morgan fingerprint density at radius 2 is 1.77 bits per heavy atom. The molecule has 0 fully saturated rings. The Hall–Kier alpha value is -3.00. The van der Waals surface area contributed by atoms with E-state index in [1.165, 1.54) is 11.8 Å². The second-order valence-corrected chi connectivity index (χ2v) is 6.61. The van der Waals surface area contributed by atoms with E-state index in [0.717, 1.165) is 12.1 Å². The lowest BCUT2D eigenvalue weighted by Gasteiger charge is -2.11. The molecule has 2 heterocycles. The SMILES string of the molecule is CCCn1c(Sc2nnnn2-c2ccccc2)nc2ccccc2c1=O. The molecule has 4 rings (SSSR count). The fourth-order valence-electron chi connectivity index (χ4n) is 2.70. The molecular formula is C18H16N6OS. The highest BCUT2D eigenvalue weighted by atomic mass is 32.2. The van der Waals surface area contributed by atoms with Gasteiger partial charge in [-0.25, -0.2) is 4.98 Å². The van der Waals surface area contributed by atoms with Gasteiger partial charge in [-0.15, -0.1) is 5.10 Å². The molecule has 0 unspecified atom stereocenters. The standard InChI is InChI=1S/C18H16N6OS/c1-2-12-23-16(25)14-10-6-7-11-15(14)19-17(23)26-18-20-21-22-24(18)13-8-4-3-5-9-13/h3-11H,2,12H2,1H3. The van der Waals surface area contributed by atoms with Gasteiger partial charge in [0.15, 0.2) is 5.16 Å². The fraction of sp³-hybridized carbons (Fsp3) is 0.167. The summed E-state index contributed by atoms with van der Waals surface area (Å²) in [6.07, 6.45) is 0.830. The maximum Gasteiger partial charge on any atom is 0.262 e. The van der Waals surface area contributed by atoms with Crippen molar-refractivity contribution >= 4 is 22.7 Å². The zero-order valence-corrected chi connectivity index (χ0v) is 14.9. The molecule has 0 aliphatic heterocycles. The minimum atomic E-state index is -0.0429. The number of hydrogen-bond donors (Lipinski definition) is 0. The maximum atomic E-state index is 12.9. The van der Waals surface area contributed by atoms with Gasteiger partial charge < -0.3 is 0 Å². The molecule has 2 aromatic carbocycles. The highest BCUT2D eigenvalue weighted by molar-refractivity contribution is 7.99. The molecule has 8 heteroatoms. The van der Waals surface area contributed by atoms with Gasteiger partial charge in [-0.2, -0.15) is 4.68 Å². The second-order valence-electron chi connectivity index (χ2n) is 5.68. The lowest BCUT2D eigenvalue weighted by atomic mass is 10.2. The van der Waals surface area contributed by atoms with Crippen LogP contribution in [0, 0.1) is 0 Å². The molecule has 26 heavy (non-hydrogen) atoms. The van der Waals surface area contributed by atoms with Crippen LogP contribution in [0.1, 0.15) is 13.3 Å². The third kappa shape index (κ3) is 2.99. The van der Waals surface area contributed by atoms with Crippen LogP contribution in [-0.2, 0) is 6.54 Å². The van der Waals surface area contributed by atoms with Crippen LogP contribution in [0.2, 0.25) is 0 Å². The first-order valence-electron chi connectivity index (χ1n) is 8.29. The molecule has 0 N–H and O–H groups in total. The van der Waals surface area contributed by atoms with E-state index < -0.39 is 0 Å². The summed E-state index contributed by atoms with van der Waals surface area (Å²) in [5.41, 5.74) is 1.48. The van der Waals surface area contributed by atoms with Gasteiger partial charge in [0.05, 0.1) is 16.6 Å². The third-order valence-corrected chi connectivity index (χ3v) is 4.83. The Bertz CT molecular complexity index is 1110. The zero-order chi connectivity index (χ0) is 17.9. The Morgan fingerprint density at radius 3 is 2.58 bits per heavy atom. The summed E-state index contributed by atoms with van der Waals surface area (Å²) in [6.45, 7) is 2.62. The molecule has 0 aliphatic rings. The molecule has 4 aromatic rings. The summed E-state index contributed by atoms with van der Waals surface area (Å²) >= 11 is 1.29. The molecule has 2 aromatic heterocycles. The summed E-state index contributed by atoms with van der Waals surface area (Å²) in [7, 11) is 0. The highest BCUT2D eigenvalue weighted by Gasteiger charge is 2.16. The van der Waals surface area contributed by atoms with E-state index >= 15 is 0 Å². The van der Waals surface area contributed by atoms with Crippen molar-refractivity contribution in [1.29, 1.82) is 0 Å². The van der Waals surface area contributed by atoms with Crippen molar-refractivity contribution in [3.8, 4) is 5.69 Å². The Morgan fingerprint density at radius 1 is 1.00 bits per heavy atom. The van der Waals surface area contributed by atoms with E-state index in [2.05, 4.69) is 20.5 Å². The normalized spacial score (nSPS) is 11.1. The molecule has 0 aliphatic carbocycles. The molecule has 0 saturated carbocycles. The van der Waals surface area contributed by atoms with Crippen molar-refractivity contribution in [2.75, 3.05) is 0 Å². The Balaban J connectivity index is 1.82. The van der Waals surface area contributed by atoms with Crippen molar-refractivity contribution in [3.05, 3.63) is 65.0 Å². The lowest BCUT2D eigenvalue weighted by Crippen LogP contribution is -2.23. The number of rotatable bonds is 5. The number of tetrazole rings is 1. The van der Waals surface area contributed by atoms with Crippen molar-refractivity contribution in [2.24, 2.45) is 0 Å². The molecule has 0 bridgehead atoms. The van der Waals surface area contributed by atoms with Crippen LogP contribution in [0.15, 0.2) is 69.7 Å². The van der Waals surface area contributed by atoms with Crippen LogP contribution in [-0.4, -0.2) is 29.8 Å². The van der Waals surface area contributed by atoms with Gasteiger partial charge >= 0.3 is 0 Å². The van der Waals surface area contributed by atoms with Crippen molar-refractivity contribution in [3.63, 3.8) is 0 Å². The van der Waals surface area contributed by atoms with Crippen molar-refractivity contribution < 1.29 is 0 Å². The predicted molar refractivity (Wildman–Crippen MR) is 99.6 cm³/mol. The number of fused-ring (bicyclic) bond motifs is 1. The number of nitrogens with zero attached hydrogens (tertiary/aromatic N) is 6. The molecule has 7 nitrogen and oxygen atoms in total. The van der Waals surface area contributed by atoms with Crippen LogP contribution in [0.4, 0.5) is 0 Å². The average molecular weight is 364 g/mol. The number of para-hydroxylation sites is 2. The van der Waals surface area contributed by atoms with Gasteiger partial charge in [0.1, 0.15) is 0 Å². The van der Waals surface area contributed by atoms with Crippen molar-refractivity contribution in [2.45, 2.75) is 30.2 Å². The summed E-state index contributed by atoms with van der Waals surface area (Å²) in [6, 6.07) is 17.0. The van der Waals surface area contributed by atoms with Crippen LogP contribution in [0.5, 0.6) is 0 Å². The highest BCUT2D eigenvalue weighted by Crippen LogP contribution is 2.26. The molecule has 130 valence electrons. The molecule has 0 saturated heterocycles. The molecule has 0 radical (unpaired) electrons. The van der Waals surface area contributed by atoms with Crippen LogP contribution in [0.3, 0.4) is 0 Å². The summed E-state index contributed by atoms with van der Waals surface area (Å²) in [4.78, 5) is 17.6. The predicted octanol–water partition coefficient (Wildman–Crippen LogP) is 2.93. The fourth-order valence-corrected chi connectivity index (χ4v) is 3.60. The maximum absolute atomic E-state index is 12.9. The smallest absolute Gasteiger partial charge is 0.262 e. The number of benzene rings is 2. The Kier molecular flexibility index (Phi) is 4.49. The molecular weight excluding hydrogens is 348 g/mol. The van der Waals surface area contributed by atoms with E-state index in [1.807, 2.05) is 55.5 Å². The van der Waals surface area contributed by atoms with Gasteiger partial charge in [0, 0.05) is 6.54 Å². The number of aromatic nitrogens is 6. The minimum absolute atomic E-state index is 0.0429. The van der Waals surface area contributed by atoms with Gasteiger partial charge in [-0.3, -0.25) is 9.36 Å². The monoisotopic (exact) mass is 364 g/mol. The van der Waals surface area contributed by atoms with E-state index in [1.54, 1.807) is 15.3 Å². The van der Waals surface area contributed by atoms with E-state index in [0.29, 0.717) is 27.8 Å². The van der Waals surface area contributed by atoms with E-state index in [9.17, 15) is 4.79 Å². The van der Waals surface area contributed by atoms with Crippen molar-refractivity contribution in [1.82, 2.24) is 29.8 Å². The summed E-state index contributed by atoms with van der Waals surface area (Å²) in [5.74, 6) is 0. The summed E-state index contributed by atoms with van der Waals surface area (Å²) in [5, 5.41) is 13.7. The molecule has 0 amide bonds. The number of hydrogen-bond acceptors (Lipinski definition) is 6. The van der Waals surface area contributed by atoms with E-state index in [4.69, 9.17) is 0 Å². The average Bonchev–Trinajstić information content (AvgIpc) is 3.14. The van der Waals surface area contributed by atoms with Crippen LogP contribution in [0.25, 0.3) is 16.6 Å². The van der Waals surface area contributed by atoms with E-state index in [-0.39, 0.29) is 5.56 Å². The topological polar surface area (TPSA) is 78.5 Å². The molecule has 0 atom stereocenters. The first-order valence-corrected chi connectivity index (χ1v) is 9.11. The lowest BCUT2D eigenvalue weighted by molar-refractivity contribution is 0.583. The third-order valence-electron chi connectivity index (χ3n) is 3.90. The first kappa shape index (κ1) is 16.5. The van der Waals surface area contributed by atoms with Crippen LogP contribution < -0.4 is 5.56 Å². The Labute approximate surface area is 153 Å². The minimum Gasteiger partial charge on any atom is -0.287 e. The zero-order valence-electron chi connectivity index (χ0n) is 14.1. The van der Waals surface area contributed by atoms with Gasteiger partial charge in [0.2, 0.25) is 5.16 Å². The van der Waals surface area contributed by atoms with Gasteiger partial charge in [0.25, 0.3) is 5.56 Å². The van der Waals surface area contributed by atoms with Crippen LogP contribution >= 0.6 is 11.8 Å². The largest absolute Gasteiger partial charge is 0.287 e. The van der Waals surface area contributed by atoms with Gasteiger partial charge in [-0.1, -0.05) is 37.3 Å². The second kappa shape index (κ2) is 7.09. The van der Waals surface area contributed by atoms with Gasteiger partial charge in [-0.05, 0) is 52.9 Å². The molecule has 0 spiro atoms. The quantitative estimate of drug-likeness (QED) is 0.507. The first-order chi connectivity index (χ1) is 12.8. The summed E-state index contributed by atoms with van der Waals surface area (Å²) < 4.78 is 3.33.